The van der Waals surface area contributed by atoms with Gasteiger partial charge in [-0.1, -0.05) is 40.0 Å². The van der Waals surface area contributed by atoms with Gasteiger partial charge in [-0.05, 0) is 24.5 Å². The van der Waals surface area contributed by atoms with Gasteiger partial charge < -0.3 is 9.64 Å². The van der Waals surface area contributed by atoms with Gasteiger partial charge in [-0.2, -0.15) is 0 Å². The maximum Gasteiger partial charge on any atom is 0.329 e. The molecule has 154 valence electrons. The molecule has 2 atom stereocenters. The number of esters is 1. The number of carbonyl (C=O) groups excluding carboxylic acids is 2. The Morgan fingerprint density at radius 1 is 1.29 bits per heavy atom. The van der Waals surface area contributed by atoms with Crippen LogP contribution in [0.1, 0.15) is 56.8 Å². The van der Waals surface area contributed by atoms with Crippen LogP contribution in [-0.4, -0.2) is 45.5 Å². The van der Waals surface area contributed by atoms with Gasteiger partial charge in [0.15, 0.2) is 0 Å². The van der Waals surface area contributed by atoms with E-state index < -0.39 is 11.0 Å². The summed E-state index contributed by atoms with van der Waals surface area (Å²) in [5.74, 6) is 0.0615. The van der Waals surface area contributed by atoms with Gasteiger partial charge in [0, 0.05) is 23.4 Å². The Kier molecular flexibility index (Phi) is 8.29. The molecule has 0 spiro atoms. The highest BCUT2D eigenvalue weighted by Crippen LogP contribution is 2.34. The third-order valence-corrected chi connectivity index (χ3v) is 5.89. The molecule has 1 aromatic rings. The number of benzene rings is 1. The Hall–Kier alpha value is -2.09. The molecule has 8 heteroatoms. The molecule has 0 aromatic heterocycles. The highest BCUT2D eigenvalue weighted by atomic mass is 32.2. The number of nitro benzene ring substituents is 1. The van der Waals surface area contributed by atoms with E-state index in [2.05, 4.69) is 6.92 Å². The number of nitro groups is 1. The normalized spacial score (nSPS) is 19.1. The zero-order chi connectivity index (χ0) is 20.7. The molecule has 0 aliphatic carbocycles. The number of non-ortho nitro benzene ring substituents is 1. The number of hydrogen-bond acceptors (Lipinski definition) is 6. The lowest BCUT2D eigenvalue weighted by molar-refractivity contribution is -0.384. The first-order valence-corrected chi connectivity index (χ1v) is 10.7. The van der Waals surface area contributed by atoms with Crippen molar-refractivity contribution in [2.24, 2.45) is 5.92 Å². The van der Waals surface area contributed by atoms with Crippen LogP contribution in [0.4, 0.5) is 5.69 Å². The molecule has 2 rings (SSSR count). The minimum absolute atomic E-state index is 0.0697. The van der Waals surface area contributed by atoms with Gasteiger partial charge >= 0.3 is 5.97 Å². The molecule has 0 radical (unpaired) electrons. The average molecular weight is 409 g/mol. The summed E-state index contributed by atoms with van der Waals surface area (Å²) in [4.78, 5) is 37.7. The summed E-state index contributed by atoms with van der Waals surface area (Å²) < 4.78 is 5.39. The van der Waals surface area contributed by atoms with E-state index in [0.717, 1.165) is 25.7 Å². The van der Waals surface area contributed by atoms with E-state index in [0.29, 0.717) is 17.9 Å². The monoisotopic (exact) mass is 408 g/mol. The first kappa shape index (κ1) is 22.2. The van der Waals surface area contributed by atoms with Gasteiger partial charge in [0.2, 0.25) is 0 Å². The largest absolute Gasteiger partial charge is 0.464 e. The summed E-state index contributed by atoms with van der Waals surface area (Å²) in [6, 6.07) is 4.90. The van der Waals surface area contributed by atoms with Crippen molar-refractivity contribution in [2.45, 2.75) is 57.9 Å². The molecular weight excluding hydrogens is 380 g/mol. The van der Waals surface area contributed by atoms with Crippen LogP contribution in [0.5, 0.6) is 0 Å². The number of thioether (sulfide) groups is 1. The Morgan fingerprint density at radius 2 is 1.96 bits per heavy atom. The Morgan fingerprint density at radius 3 is 2.54 bits per heavy atom. The summed E-state index contributed by atoms with van der Waals surface area (Å²) >= 11 is 1.60. The van der Waals surface area contributed by atoms with E-state index >= 15 is 0 Å². The fourth-order valence-electron chi connectivity index (χ4n) is 3.03. The Bertz CT molecular complexity index is 692. The molecule has 1 aliphatic heterocycles. The number of hydrogen-bond donors (Lipinski definition) is 0. The zero-order valence-corrected chi connectivity index (χ0v) is 17.4. The van der Waals surface area contributed by atoms with Gasteiger partial charge in [0.1, 0.15) is 6.04 Å². The quantitative estimate of drug-likeness (QED) is 0.262. The van der Waals surface area contributed by atoms with Crippen molar-refractivity contribution in [1.29, 1.82) is 0 Å². The third-order valence-electron chi connectivity index (χ3n) is 4.54. The van der Waals surface area contributed by atoms with E-state index in [1.54, 1.807) is 16.7 Å². The van der Waals surface area contributed by atoms with E-state index in [1.807, 2.05) is 13.8 Å². The van der Waals surface area contributed by atoms with E-state index in [-0.39, 0.29) is 28.9 Å². The number of ether oxygens (including phenoxy) is 1. The summed E-state index contributed by atoms with van der Waals surface area (Å²) in [7, 11) is 0. The second-order valence-corrected chi connectivity index (χ2v) is 8.55. The average Bonchev–Trinajstić information content (AvgIpc) is 3.09. The van der Waals surface area contributed by atoms with Crippen molar-refractivity contribution in [1.82, 2.24) is 4.90 Å². The number of amides is 1. The first-order valence-electron chi connectivity index (χ1n) is 9.70. The number of rotatable bonds is 9. The highest BCUT2D eigenvalue weighted by Gasteiger charge is 2.42. The summed E-state index contributed by atoms with van der Waals surface area (Å²) in [6.07, 6.45) is 3.93. The van der Waals surface area contributed by atoms with Crippen molar-refractivity contribution < 1.29 is 19.2 Å². The molecule has 1 aliphatic rings. The lowest BCUT2D eigenvalue weighted by atomic mass is 10.1. The fourth-order valence-corrected chi connectivity index (χ4v) is 4.47. The maximum atomic E-state index is 13.2. The summed E-state index contributed by atoms with van der Waals surface area (Å²) in [5.41, 5.74) is 0.273. The third kappa shape index (κ3) is 5.70. The lowest BCUT2D eigenvalue weighted by Crippen LogP contribution is -2.46. The second-order valence-electron chi connectivity index (χ2n) is 7.34. The fraction of sp³-hybridized carbons (Fsp3) is 0.600. The standard InChI is InChI=1S/C20H28N2O5S/c1-4-5-6-7-18-21(17(13-28-18)20(24)27-12-14(2)3)19(23)15-8-10-16(11-9-15)22(25)26/h8-11,14,17-18H,4-7,12-13H2,1-3H3. The zero-order valence-electron chi connectivity index (χ0n) is 16.6. The highest BCUT2D eigenvalue weighted by molar-refractivity contribution is 8.00. The summed E-state index contributed by atoms with van der Waals surface area (Å²) in [6.45, 7) is 6.36. The molecule has 0 N–H and O–H groups in total. The Labute approximate surface area is 170 Å². The van der Waals surface area contributed by atoms with Crippen molar-refractivity contribution in [2.75, 3.05) is 12.4 Å². The molecule has 0 saturated carbocycles. The molecule has 1 aromatic carbocycles. The summed E-state index contributed by atoms with van der Waals surface area (Å²) in [5, 5.41) is 10.8. The van der Waals surface area contributed by atoms with Crippen LogP contribution in [0.25, 0.3) is 0 Å². The predicted molar refractivity (Wildman–Crippen MR) is 109 cm³/mol. The molecule has 1 amide bonds. The van der Waals surface area contributed by atoms with Crippen molar-refractivity contribution >= 4 is 29.3 Å². The van der Waals surface area contributed by atoms with Crippen molar-refractivity contribution in [3.63, 3.8) is 0 Å². The van der Waals surface area contributed by atoms with Crippen LogP contribution in [0.2, 0.25) is 0 Å². The maximum absolute atomic E-state index is 13.2. The van der Waals surface area contributed by atoms with Crippen LogP contribution in [0, 0.1) is 16.0 Å². The van der Waals surface area contributed by atoms with E-state index in [4.69, 9.17) is 4.74 Å². The molecule has 2 unspecified atom stereocenters. The van der Waals surface area contributed by atoms with Gasteiger partial charge in [-0.25, -0.2) is 4.79 Å². The molecule has 1 saturated heterocycles. The lowest BCUT2D eigenvalue weighted by Gasteiger charge is -2.28. The van der Waals surface area contributed by atoms with Crippen LogP contribution >= 0.6 is 11.8 Å². The SMILES string of the molecule is CCCCCC1SCC(C(=O)OCC(C)C)N1C(=O)c1ccc([N+](=O)[O-])cc1. The van der Waals surface area contributed by atoms with Crippen LogP contribution in [0.3, 0.4) is 0 Å². The molecule has 7 nitrogen and oxygen atoms in total. The smallest absolute Gasteiger partial charge is 0.329 e. The minimum atomic E-state index is -0.627. The number of unbranched alkanes of at least 4 members (excludes halogenated alkanes) is 2. The number of carbonyl (C=O) groups is 2. The van der Waals surface area contributed by atoms with Gasteiger partial charge in [-0.15, -0.1) is 11.8 Å². The van der Waals surface area contributed by atoms with E-state index in [9.17, 15) is 19.7 Å². The van der Waals surface area contributed by atoms with Gasteiger partial charge in [0.05, 0.1) is 16.9 Å². The minimum Gasteiger partial charge on any atom is -0.464 e. The number of nitrogens with zero attached hydrogens (tertiary/aromatic N) is 2. The Balaban J connectivity index is 2.20. The molecule has 1 heterocycles. The second kappa shape index (κ2) is 10.5. The van der Waals surface area contributed by atoms with Crippen LogP contribution in [0.15, 0.2) is 24.3 Å². The van der Waals surface area contributed by atoms with Gasteiger partial charge in [0.25, 0.3) is 11.6 Å². The molecule has 1 fully saturated rings. The molecule has 28 heavy (non-hydrogen) atoms. The van der Waals surface area contributed by atoms with Gasteiger partial charge in [-0.3, -0.25) is 14.9 Å². The van der Waals surface area contributed by atoms with Crippen LogP contribution < -0.4 is 0 Å². The topological polar surface area (TPSA) is 89.8 Å². The predicted octanol–water partition coefficient (Wildman–Crippen LogP) is 4.26. The van der Waals surface area contributed by atoms with Crippen LogP contribution in [-0.2, 0) is 9.53 Å². The first-order chi connectivity index (χ1) is 13.3. The van der Waals surface area contributed by atoms with E-state index in [1.165, 1.54) is 24.3 Å². The molecule has 0 bridgehead atoms. The van der Waals surface area contributed by atoms with Crippen molar-refractivity contribution in [3.05, 3.63) is 39.9 Å². The molecular formula is C20H28N2O5S. The van der Waals surface area contributed by atoms with Crippen molar-refractivity contribution in [3.8, 4) is 0 Å².